The van der Waals surface area contributed by atoms with Gasteiger partial charge in [0.15, 0.2) is 24.0 Å². The standard InChI is InChI=1S/C17H27N5O15P2/c18-14-10-15(20-4-19-14)22(5-21-10)16-13(28)12(27)9(34-16)3-33-38(29,30)37-39(31,32)36-17-11(26)6(24)1-8(35-17)7(25)2-23/h4-9,11-13,16-17,23-28H,1-3H2,(H,29,30)(H,31,32)(H2,18,19,20)/t6-,7+,8-,9+,11-,12+,13+,16+,17-/m0/s1. The lowest BCUT2D eigenvalue weighted by Gasteiger charge is -2.38. The fourth-order valence-corrected chi connectivity index (χ4v) is 6.10. The topological polar surface area (TPSA) is 312 Å². The Bertz CT molecular complexity index is 1250. The lowest BCUT2D eigenvalue weighted by Crippen LogP contribution is -2.52. The molecule has 2 aromatic rings. The molecule has 2 unspecified atom stereocenters. The average molecular weight is 603 g/mol. The first-order valence-electron chi connectivity index (χ1n) is 11.2. The fourth-order valence-electron chi connectivity index (χ4n) is 3.94. The van der Waals surface area contributed by atoms with Crippen LogP contribution >= 0.6 is 15.6 Å². The zero-order chi connectivity index (χ0) is 28.7. The van der Waals surface area contributed by atoms with E-state index in [1.165, 1.54) is 10.9 Å². The molecule has 22 heteroatoms. The highest BCUT2D eigenvalue weighted by Gasteiger charge is 2.48. The van der Waals surface area contributed by atoms with Crippen molar-refractivity contribution in [2.45, 2.75) is 61.7 Å². The number of nitrogens with two attached hydrogens (primary N) is 1. The molecule has 220 valence electrons. The maximum absolute atomic E-state index is 12.3. The van der Waals surface area contributed by atoms with E-state index in [2.05, 4.69) is 28.3 Å². The molecule has 2 aliphatic heterocycles. The third-order valence-corrected chi connectivity index (χ3v) is 8.52. The molecule has 0 spiro atoms. The van der Waals surface area contributed by atoms with E-state index >= 15 is 0 Å². The quantitative estimate of drug-likeness (QED) is 0.119. The Morgan fingerprint density at radius 3 is 2.49 bits per heavy atom. The van der Waals surface area contributed by atoms with Gasteiger partial charge in [0, 0.05) is 6.42 Å². The zero-order valence-electron chi connectivity index (χ0n) is 19.7. The van der Waals surface area contributed by atoms with Crippen molar-refractivity contribution in [1.82, 2.24) is 19.5 Å². The van der Waals surface area contributed by atoms with Crippen LogP contribution in [0.25, 0.3) is 11.2 Å². The third-order valence-electron chi connectivity index (χ3n) is 5.92. The summed E-state index contributed by atoms with van der Waals surface area (Å²) in [5, 5.41) is 59.4. The second kappa shape index (κ2) is 11.6. The maximum atomic E-state index is 12.3. The lowest BCUT2D eigenvalue weighted by molar-refractivity contribution is -0.257. The molecular weight excluding hydrogens is 576 g/mol. The monoisotopic (exact) mass is 603 g/mol. The molecule has 20 nitrogen and oxygen atoms in total. The van der Waals surface area contributed by atoms with Crippen molar-refractivity contribution in [3.05, 3.63) is 12.7 Å². The van der Waals surface area contributed by atoms with Crippen molar-refractivity contribution in [3.8, 4) is 0 Å². The van der Waals surface area contributed by atoms with Gasteiger partial charge in [-0.25, -0.2) is 24.1 Å². The fraction of sp³-hybridized carbons (Fsp3) is 0.706. The van der Waals surface area contributed by atoms with E-state index in [0.717, 1.165) is 6.33 Å². The first-order valence-corrected chi connectivity index (χ1v) is 14.2. The van der Waals surface area contributed by atoms with Crippen LogP contribution in [0.2, 0.25) is 0 Å². The third kappa shape index (κ3) is 6.62. The molecule has 0 aromatic carbocycles. The Kier molecular flexibility index (Phi) is 9.04. The minimum absolute atomic E-state index is 0.0430. The van der Waals surface area contributed by atoms with Crippen molar-refractivity contribution in [2.75, 3.05) is 18.9 Å². The van der Waals surface area contributed by atoms with E-state index in [-0.39, 0.29) is 23.4 Å². The molecule has 11 atom stereocenters. The van der Waals surface area contributed by atoms with Gasteiger partial charge in [-0.1, -0.05) is 0 Å². The van der Waals surface area contributed by atoms with Crippen molar-refractivity contribution in [1.29, 1.82) is 0 Å². The highest BCUT2D eigenvalue weighted by Crippen LogP contribution is 2.61. The summed E-state index contributed by atoms with van der Waals surface area (Å²) in [6.45, 7) is -1.74. The molecule has 0 amide bonds. The van der Waals surface area contributed by atoms with Gasteiger partial charge in [-0.2, -0.15) is 4.31 Å². The van der Waals surface area contributed by atoms with Gasteiger partial charge in [0.05, 0.1) is 31.7 Å². The van der Waals surface area contributed by atoms with Crippen LogP contribution in [0.5, 0.6) is 0 Å². The normalized spacial score (nSPS) is 35.5. The highest BCUT2D eigenvalue weighted by atomic mass is 31.3. The zero-order valence-corrected chi connectivity index (χ0v) is 21.5. The van der Waals surface area contributed by atoms with E-state index in [9.17, 15) is 44.4 Å². The molecule has 0 radical (unpaired) electrons. The maximum Gasteiger partial charge on any atom is 0.483 e. The molecule has 0 bridgehead atoms. The molecule has 0 aliphatic carbocycles. The van der Waals surface area contributed by atoms with Crippen LogP contribution in [0.3, 0.4) is 0 Å². The number of imidazole rings is 1. The van der Waals surface area contributed by atoms with Crippen molar-refractivity contribution >= 4 is 32.6 Å². The average Bonchev–Trinajstić information content (AvgIpc) is 3.41. The predicted molar refractivity (Wildman–Crippen MR) is 122 cm³/mol. The number of hydrogen-bond acceptors (Lipinski definition) is 17. The van der Waals surface area contributed by atoms with Gasteiger partial charge in [-0.05, 0) is 0 Å². The number of ether oxygens (including phenoxy) is 2. The Morgan fingerprint density at radius 2 is 1.79 bits per heavy atom. The Morgan fingerprint density at radius 1 is 1.08 bits per heavy atom. The summed E-state index contributed by atoms with van der Waals surface area (Å²) in [6.07, 6.45) is -12.6. The number of hydrogen-bond donors (Lipinski definition) is 9. The van der Waals surface area contributed by atoms with E-state index in [1.807, 2.05) is 0 Å². The molecule has 4 rings (SSSR count). The minimum atomic E-state index is -5.55. The van der Waals surface area contributed by atoms with Crippen molar-refractivity contribution < 1.29 is 72.4 Å². The molecule has 39 heavy (non-hydrogen) atoms. The molecule has 4 heterocycles. The summed E-state index contributed by atoms with van der Waals surface area (Å²) in [5.41, 5.74) is 6.06. The molecule has 2 aliphatic rings. The summed E-state index contributed by atoms with van der Waals surface area (Å²) in [6, 6.07) is 0. The highest BCUT2D eigenvalue weighted by molar-refractivity contribution is 7.61. The first-order chi connectivity index (χ1) is 18.2. The van der Waals surface area contributed by atoms with Gasteiger partial charge >= 0.3 is 15.6 Å². The number of phosphoric ester groups is 2. The van der Waals surface area contributed by atoms with Crippen LogP contribution in [0.1, 0.15) is 12.6 Å². The van der Waals surface area contributed by atoms with E-state index in [4.69, 9.17) is 20.3 Å². The molecule has 2 aromatic heterocycles. The first kappa shape index (κ1) is 30.3. The molecule has 10 N–H and O–H groups in total. The van der Waals surface area contributed by atoms with Gasteiger partial charge in [-0.3, -0.25) is 13.6 Å². The van der Waals surface area contributed by atoms with Gasteiger partial charge in [0.25, 0.3) is 0 Å². The molecular formula is C17H27N5O15P2. The number of aliphatic hydroxyl groups is 6. The number of aliphatic hydroxyl groups excluding tert-OH is 6. The summed E-state index contributed by atoms with van der Waals surface area (Å²) in [7, 11) is -11.0. The summed E-state index contributed by atoms with van der Waals surface area (Å²) in [5.74, 6) is 0.0430. The van der Waals surface area contributed by atoms with E-state index in [0.29, 0.717) is 0 Å². The van der Waals surface area contributed by atoms with E-state index in [1.54, 1.807) is 0 Å². The number of nitrogen functional groups attached to an aromatic ring is 1. The second-order valence-corrected chi connectivity index (χ2v) is 11.6. The summed E-state index contributed by atoms with van der Waals surface area (Å²) < 4.78 is 49.8. The van der Waals surface area contributed by atoms with Crippen LogP contribution in [-0.4, -0.2) is 122 Å². The minimum Gasteiger partial charge on any atom is -0.394 e. The number of nitrogens with zero attached hydrogens (tertiary/aromatic N) is 4. The SMILES string of the molecule is Nc1ncnc2c1ncn2[C@@H]1O[C@H](COP(=O)(O)OP(=O)(O)O[C@@H]2O[C@H]([C@H](O)CO)C[C@H](O)[C@@H]2O)[C@@H](O)[C@H]1O. The van der Waals surface area contributed by atoms with E-state index < -0.39 is 84.1 Å². The summed E-state index contributed by atoms with van der Waals surface area (Å²) >= 11 is 0. The predicted octanol–water partition coefficient (Wildman–Crippen LogP) is -3.53. The molecule has 0 saturated carbocycles. The smallest absolute Gasteiger partial charge is 0.394 e. The van der Waals surface area contributed by atoms with Gasteiger partial charge in [0.2, 0.25) is 0 Å². The van der Waals surface area contributed by atoms with Crippen molar-refractivity contribution in [2.24, 2.45) is 0 Å². The van der Waals surface area contributed by atoms with Gasteiger partial charge in [-0.15, -0.1) is 0 Å². The van der Waals surface area contributed by atoms with Crippen LogP contribution in [0.4, 0.5) is 5.82 Å². The molecule has 2 fully saturated rings. The number of aromatic nitrogens is 4. The van der Waals surface area contributed by atoms with Crippen LogP contribution in [0, 0.1) is 0 Å². The Balaban J connectivity index is 1.37. The van der Waals surface area contributed by atoms with Crippen LogP contribution < -0.4 is 5.73 Å². The van der Waals surface area contributed by atoms with Gasteiger partial charge < -0.3 is 55.6 Å². The van der Waals surface area contributed by atoms with Crippen LogP contribution in [0.15, 0.2) is 12.7 Å². The molecule has 2 saturated heterocycles. The lowest BCUT2D eigenvalue weighted by atomic mass is 9.99. The van der Waals surface area contributed by atoms with Crippen molar-refractivity contribution in [3.63, 3.8) is 0 Å². The second-order valence-electron chi connectivity index (χ2n) is 8.64. The van der Waals surface area contributed by atoms with Crippen LogP contribution in [-0.2, 0) is 32.0 Å². The number of anilines is 1. The number of fused-ring (bicyclic) bond motifs is 1. The Labute approximate surface area is 218 Å². The Hall–Kier alpha value is -1.71. The number of phosphoric acid groups is 2. The summed E-state index contributed by atoms with van der Waals surface area (Å²) in [4.78, 5) is 31.6. The largest absolute Gasteiger partial charge is 0.483 e. The van der Waals surface area contributed by atoms with Gasteiger partial charge in [0.1, 0.15) is 42.4 Å². The number of rotatable bonds is 10.